The van der Waals surface area contributed by atoms with Gasteiger partial charge in [0.15, 0.2) is 5.71 Å². The molecule has 1 aliphatic heterocycles. The minimum Gasteiger partial charge on any atom is -0.347 e. The number of aromatic nitrogens is 2. The van der Waals surface area contributed by atoms with Crippen LogP contribution in [0, 0.1) is 13.8 Å². The second-order valence-electron chi connectivity index (χ2n) is 15.6. The van der Waals surface area contributed by atoms with Crippen molar-refractivity contribution < 1.29 is 4.58 Å². The maximum absolute atomic E-state index is 2.43. The molecule has 0 amide bonds. The molecule has 0 fully saturated rings. The zero-order chi connectivity index (χ0) is 38.2. The van der Waals surface area contributed by atoms with Crippen molar-refractivity contribution in [1.82, 2.24) is 9.13 Å². The van der Waals surface area contributed by atoms with Gasteiger partial charge < -0.3 is 9.13 Å². The molecule has 54 heavy (non-hydrogen) atoms. The number of fused-ring (bicyclic) bond motifs is 4. The summed E-state index contributed by atoms with van der Waals surface area (Å²) < 4.78 is 7.06. The van der Waals surface area contributed by atoms with E-state index in [4.69, 9.17) is 0 Å². The van der Waals surface area contributed by atoms with Gasteiger partial charge in [0.25, 0.3) is 0 Å². The number of allylic oxidation sites excluding steroid dienone is 10. The molecule has 270 valence electrons. The second-order valence-corrected chi connectivity index (χ2v) is 15.6. The summed E-state index contributed by atoms with van der Waals surface area (Å²) >= 11 is 0. The molecule has 0 bridgehead atoms. The highest BCUT2D eigenvalue weighted by molar-refractivity contribution is 6.33. The first-order valence-electron chi connectivity index (χ1n) is 19.3. The van der Waals surface area contributed by atoms with Gasteiger partial charge in [-0.1, -0.05) is 103 Å². The highest BCUT2D eigenvalue weighted by Crippen LogP contribution is 2.51. The third kappa shape index (κ3) is 5.28. The van der Waals surface area contributed by atoms with Gasteiger partial charge in [0.2, 0.25) is 5.69 Å². The topological polar surface area (TPSA) is 12.9 Å². The standard InChI is InChI=1S/C51H52N3/c1-30(28-31(2)46(48-34(5)33(4)38-20-12-13-21-39(38)48)49-35(6)52(9)43-25-17-14-22-40(43)49)29-32(3)47(50-36(7)53(10)44-26-18-15-23-41(44)50)51-37(8)54(11)45-27-19-16-24-42(45)51/h12-29,33H,1-11H3/q+1. The van der Waals surface area contributed by atoms with E-state index in [2.05, 4.69) is 199 Å². The Morgan fingerprint density at radius 1 is 0.648 bits per heavy atom. The van der Waals surface area contributed by atoms with Crippen molar-refractivity contribution in [3.8, 4) is 0 Å². The van der Waals surface area contributed by atoms with Gasteiger partial charge in [0.1, 0.15) is 7.05 Å². The Morgan fingerprint density at radius 3 is 1.85 bits per heavy atom. The fourth-order valence-electron chi connectivity index (χ4n) is 9.51. The Balaban J connectivity index is 1.39. The van der Waals surface area contributed by atoms with Gasteiger partial charge in [-0.2, -0.15) is 4.58 Å². The summed E-state index contributed by atoms with van der Waals surface area (Å²) in [5.41, 5.74) is 24.8. The molecule has 1 atom stereocenters. The van der Waals surface area contributed by atoms with Crippen LogP contribution in [0.5, 0.6) is 0 Å². The van der Waals surface area contributed by atoms with Crippen LogP contribution in [-0.4, -0.2) is 26.5 Å². The number of para-hydroxylation sites is 3. The lowest BCUT2D eigenvalue weighted by Gasteiger charge is -2.17. The Kier molecular flexibility index (Phi) is 8.72. The van der Waals surface area contributed by atoms with E-state index >= 15 is 0 Å². The Labute approximate surface area is 321 Å². The van der Waals surface area contributed by atoms with E-state index in [0.717, 1.165) is 0 Å². The van der Waals surface area contributed by atoms with E-state index in [9.17, 15) is 0 Å². The highest BCUT2D eigenvalue weighted by atomic mass is 15.0. The molecular formula is C51H52N3+. The molecule has 6 aromatic rings. The van der Waals surface area contributed by atoms with Gasteiger partial charge in [-0.15, -0.1) is 0 Å². The van der Waals surface area contributed by atoms with Crippen molar-refractivity contribution in [3.05, 3.63) is 171 Å². The molecule has 0 saturated heterocycles. The largest absolute Gasteiger partial charge is 0.347 e. The van der Waals surface area contributed by atoms with E-state index < -0.39 is 0 Å². The lowest BCUT2D eigenvalue weighted by molar-refractivity contribution is -0.401. The Bertz CT molecular complexity index is 2760. The monoisotopic (exact) mass is 706 g/mol. The van der Waals surface area contributed by atoms with Crippen molar-refractivity contribution in [3.63, 3.8) is 0 Å². The van der Waals surface area contributed by atoms with Crippen LogP contribution >= 0.6 is 0 Å². The molecule has 2 aliphatic rings. The predicted molar refractivity (Wildman–Crippen MR) is 233 cm³/mol. The zero-order valence-electron chi connectivity index (χ0n) is 33.8. The molecule has 1 aliphatic carbocycles. The summed E-state index contributed by atoms with van der Waals surface area (Å²) in [5.74, 6) is 0.367. The molecular weight excluding hydrogens is 655 g/mol. The van der Waals surface area contributed by atoms with E-state index in [1.165, 1.54) is 117 Å². The first-order chi connectivity index (χ1) is 25.9. The first-order valence-corrected chi connectivity index (χ1v) is 19.3. The normalized spacial score (nSPS) is 17.6. The summed E-state index contributed by atoms with van der Waals surface area (Å²) in [6.45, 7) is 18.4. The number of benzene rings is 4. The average molecular weight is 707 g/mol. The SMILES string of the molecule is CC1=C(/C(=C(C)/C=C(C)/C=C(\C)C(=C2C(C)=[N+](C)c3ccccc32)c2c(C)n(C)c3ccccc23)c2c(C)n(C)c3ccccc23)c2ccccc2C1C. The van der Waals surface area contributed by atoms with E-state index in [0.29, 0.717) is 5.92 Å². The number of hydrogen-bond acceptors (Lipinski definition) is 0. The molecule has 1 unspecified atom stereocenters. The van der Waals surface area contributed by atoms with E-state index in [-0.39, 0.29) is 0 Å². The lowest BCUT2D eigenvalue weighted by Crippen LogP contribution is -2.06. The molecule has 8 rings (SSSR count). The van der Waals surface area contributed by atoms with Gasteiger partial charge in [-0.05, 0) is 93.2 Å². The first kappa shape index (κ1) is 35.4. The molecule has 3 heteroatoms. The number of hydrogen-bond donors (Lipinski definition) is 0. The highest BCUT2D eigenvalue weighted by Gasteiger charge is 2.34. The van der Waals surface area contributed by atoms with Crippen molar-refractivity contribution in [2.75, 3.05) is 7.05 Å². The van der Waals surface area contributed by atoms with Crippen LogP contribution in [0.1, 0.15) is 86.7 Å². The van der Waals surface area contributed by atoms with Crippen molar-refractivity contribution in [2.45, 2.75) is 61.3 Å². The van der Waals surface area contributed by atoms with Crippen molar-refractivity contribution in [1.29, 1.82) is 0 Å². The second kappa shape index (κ2) is 13.3. The maximum Gasteiger partial charge on any atom is 0.213 e. The molecule has 0 spiro atoms. The van der Waals surface area contributed by atoms with Crippen LogP contribution < -0.4 is 0 Å². The predicted octanol–water partition coefficient (Wildman–Crippen LogP) is 12.9. The smallest absolute Gasteiger partial charge is 0.213 e. The van der Waals surface area contributed by atoms with Gasteiger partial charge >= 0.3 is 0 Å². The van der Waals surface area contributed by atoms with Crippen LogP contribution in [-0.2, 0) is 14.1 Å². The van der Waals surface area contributed by atoms with Gasteiger partial charge in [0.05, 0.1) is 11.1 Å². The van der Waals surface area contributed by atoms with Crippen LogP contribution in [0.4, 0.5) is 5.69 Å². The fourth-order valence-corrected chi connectivity index (χ4v) is 9.51. The summed E-state index contributed by atoms with van der Waals surface area (Å²) in [4.78, 5) is 0. The van der Waals surface area contributed by atoms with E-state index in [1.807, 2.05) is 0 Å². The number of nitrogens with zero attached hydrogens (tertiary/aromatic N) is 3. The minimum absolute atomic E-state index is 0.367. The molecule has 0 saturated carbocycles. The molecule has 3 heterocycles. The van der Waals surface area contributed by atoms with Crippen LogP contribution in [0.3, 0.4) is 0 Å². The summed E-state index contributed by atoms with van der Waals surface area (Å²) in [6, 6.07) is 35.6. The van der Waals surface area contributed by atoms with Gasteiger partial charge in [-0.25, -0.2) is 0 Å². The van der Waals surface area contributed by atoms with E-state index in [1.54, 1.807) is 0 Å². The van der Waals surface area contributed by atoms with Crippen molar-refractivity contribution in [2.24, 2.45) is 14.1 Å². The van der Waals surface area contributed by atoms with Gasteiger partial charge in [0, 0.05) is 82.9 Å². The third-order valence-corrected chi connectivity index (χ3v) is 12.6. The molecule has 0 radical (unpaired) electrons. The summed E-state index contributed by atoms with van der Waals surface area (Å²) in [6.07, 6.45) is 4.84. The maximum atomic E-state index is 2.43. The summed E-state index contributed by atoms with van der Waals surface area (Å²) in [5, 5.41) is 2.59. The van der Waals surface area contributed by atoms with Gasteiger partial charge in [-0.3, -0.25) is 0 Å². The number of aryl methyl sites for hydroxylation is 2. The molecule has 4 aromatic carbocycles. The molecule has 3 nitrogen and oxygen atoms in total. The van der Waals surface area contributed by atoms with Crippen LogP contribution in [0.25, 0.3) is 44.1 Å². The average Bonchev–Trinajstić information content (AvgIpc) is 3.77. The molecule has 2 aromatic heterocycles. The zero-order valence-corrected chi connectivity index (χ0v) is 33.8. The fraction of sp³-hybridized carbons (Fsp3) is 0.235. The Morgan fingerprint density at radius 2 is 1.19 bits per heavy atom. The lowest BCUT2D eigenvalue weighted by atomic mass is 9.85. The van der Waals surface area contributed by atoms with Crippen molar-refractivity contribution >= 4 is 55.5 Å². The number of rotatable bonds is 6. The summed E-state index contributed by atoms with van der Waals surface area (Å²) in [7, 11) is 6.60. The molecule has 0 N–H and O–H groups in total. The minimum atomic E-state index is 0.367. The quantitative estimate of drug-likeness (QED) is 0.121. The van der Waals surface area contributed by atoms with Crippen LogP contribution in [0.15, 0.2) is 132 Å². The Hall–Kier alpha value is -5.67. The van der Waals surface area contributed by atoms with Crippen LogP contribution in [0.2, 0.25) is 0 Å². The third-order valence-electron chi connectivity index (χ3n) is 12.6.